The highest BCUT2D eigenvalue weighted by atomic mass is 19.2. The highest BCUT2D eigenvalue weighted by molar-refractivity contribution is 6.37. The van der Waals surface area contributed by atoms with Crippen molar-refractivity contribution < 1.29 is 27.5 Å². The topological polar surface area (TPSA) is 55.4 Å². The number of carbonyl (C=O) groups excluding carboxylic acids is 2. The molecule has 0 heterocycles. The zero-order valence-electron chi connectivity index (χ0n) is 8.72. The van der Waals surface area contributed by atoms with Crippen LogP contribution in [0.2, 0.25) is 0 Å². The number of hydrogen-bond donors (Lipinski definition) is 1. The molecule has 1 amide bonds. The van der Waals surface area contributed by atoms with Crippen LogP contribution in [0.1, 0.15) is 6.92 Å². The lowest BCUT2D eigenvalue weighted by Crippen LogP contribution is -2.25. The fraction of sp³-hybridized carbons (Fsp3) is 0.200. The average molecular weight is 247 g/mol. The number of nitrogens with one attached hydrogen (secondary N) is 1. The van der Waals surface area contributed by atoms with Gasteiger partial charge in [-0.2, -0.15) is 0 Å². The van der Waals surface area contributed by atoms with E-state index < -0.39 is 35.0 Å². The molecule has 0 aliphatic rings. The third kappa shape index (κ3) is 2.96. The first kappa shape index (κ1) is 13.0. The highest BCUT2D eigenvalue weighted by Gasteiger charge is 2.19. The maximum absolute atomic E-state index is 13.1. The van der Waals surface area contributed by atoms with Crippen LogP contribution in [0.15, 0.2) is 12.1 Å². The van der Waals surface area contributed by atoms with E-state index in [0.29, 0.717) is 6.07 Å². The van der Waals surface area contributed by atoms with Crippen LogP contribution in [-0.4, -0.2) is 18.5 Å². The molecule has 1 aromatic carbocycles. The Morgan fingerprint density at radius 3 is 2.47 bits per heavy atom. The Morgan fingerprint density at radius 2 is 1.88 bits per heavy atom. The molecule has 0 spiro atoms. The van der Waals surface area contributed by atoms with E-state index in [2.05, 4.69) is 4.74 Å². The second kappa shape index (κ2) is 5.33. The number of anilines is 1. The number of carbonyl (C=O) groups is 2. The molecule has 0 saturated heterocycles. The summed E-state index contributed by atoms with van der Waals surface area (Å²) in [6.45, 7) is 1.44. The Bertz CT molecular complexity index is 462. The number of ether oxygens (including phenoxy) is 1. The lowest BCUT2D eigenvalue weighted by Gasteiger charge is -2.06. The number of esters is 1. The molecule has 0 bridgehead atoms. The minimum atomic E-state index is -1.73. The number of amides is 1. The van der Waals surface area contributed by atoms with Crippen LogP contribution < -0.4 is 5.32 Å². The molecule has 1 rings (SSSR count). The molecule has 0 atom stereocenters. The zero-order chi connectivity index (χ0) is 13.0. The Labute approximate surface area is 94.4 Å². The van der Waals surface area contributed by atoms with Gasteiger partial charge in [-0.05, 0) is 19.1 Å². The van der Waals surface area contributed by atoms with Gasteiger partial charge in [0, 0.05) is 0 Å². The van der Waals surface area contributed by atoms with Gasteiger partial charge in [0.2, 0.25) is 0 Å². The van der Waals surface area contributed by atoms with Gasteiger partial charge in [-0.15, -0.1) is 0 Å². The van der Waals surface area contributed by atoms with Gasteiger partial charge < -0.3 is 10.1 Å². The van der Waals surface area contributed by atoms with E-state index in [1.165, 1.54) is 6.92 Å². The Balaban J connectivity index is 2.86. The lowest BCUT2D eigenvalue weighted by molar-refractivity contribution is -0.152. The smallest absolute Gasteiger partial charge is 0.397 e. The van der Waals surface area contributed by atoms with Gasteiger partial charge in [0.1, 0.15) is 0 Å². The molecular weight excluding hydrogens is 239 g/mol. The third-order valence-electron chi connectivity index (χ3n) is 1.74. The van der Waals surface area contributed by atoms with Crippen LogP contribution in [0.25, 0.3) is 0 Å². The van der Waals surface area contributed by atoms with Crippen molar-refractivity contribution in [1.82, 2.24) is 0 Å². The molecule has 4 nitrogen and oxygen atoms in total. The van der Waals surface area contributed by atoms with Crippen LogP contribution in [0.3, 0.4) is 0 Å². The molecule has 7 heteroatoms. The molecule has 0 unspecified atom stereocenters. The van der Waals surface area contributed by atoms with Crippen LogP contribution in [0.5, 0.6) is 0 Å². The van der Waals surface area contributed by atoms with Crippen molar-refractivity contribution in [2.24, 2.45) is 0 Å². The van der Waals surface area contributed by atoms with Crippen molar-refractivity contribution in [3.05, 3.63) is 29.6 Å². The minimum absolute atomic E-state index is 0.0352. The summed E-state index contributed by atoms with van der Waals surface area (Å²) in [7, 11) is 0. The number of hydrogen-bond acceptors (Lipinski definition) is 3. The van der Waals surface area contributed by atoms with Gasteiger partial charge in [-0.3, -0.25) is 4.79 Å². The number of halogens is 3. The van der Waals surface area contributed by atoms with Gasteiger partial charge in [0.15, 0.2) is 17.5 Å². The van der Waals surface area contributed by atoms with E-state index in [1.54, 1.807) is 5.32 Å². The molecule has 92 valence electrons. The summed E-state index contributed by atoms with van der Waals surface area (Å²) in [5.74, 6) is -7.21. The first-order valence-corrected chi connectivity index (χ1v) is 4.59. The molecule has 0 radical (unpaired) electrons. The minimum Gasteiger partial charge on any atom is -0.459 e. The maximum atomic E-state index is 13.1. The predicted octanol–water partition coefficient (Wildman–Crippen LogP) is 1.61. The second-order valence-corrected chi connectivity index (χ2v) is 2.90. The quantitative estimate of drug-likeness (QED) is 0.490. The van der Waals surface area contributed by atoms with E-state index in [-0.39, 0.29) is 6.61 Å². The van der Waals surface area contributed by atoms with Gasteiger partial charge in [-0.25, -0.2) is 18.0 Å². The molecular formula is C10H8F3NO3. The molecule has 0 aromatic heterocycles. The summed E-state index contributed by atoms with van der Waals surface area (Å²) in [6, 6.07) is 1.42. The predicted molar refractivity (Wildman–Crippen MR) is 51.6 cm³/mol. The summed E-state index contributed by atoms with van der Waals surface area (Å²) < 4.78 is 42.7. The average Bonchev–Trinajstić information content (AvgIpc) is 2.30. The first-order chi connectivity index (χ1) is 7.97. The SMILES string of the molecule is CCOC(=O)C(=O)Nc1ccc(F)c(F)c1F. The van der Waals surface area contributed by atoms with Crippen molar-refractivity contribution in [2.75, 3.05) is 11.9 Å². The number of benzene rings is 1. The van der Waals surface area contributed by atoms with Gasteiger partial charge in [0.25, 0.3) is 0 Å². The van der Waals surface area contributed by atoms with E-state index in [9.17, 15) is 22.8 Å². The van der Waals surface area contributed by atoms with Crippen molar-refractivity contribution in [2.45, 2.75) is 6.92 Å². The van der Waals surface area contributed by atoms with Gasteiger partial charge in [0.05, 0.1) is 12.3 Å². The van der Waals surface area contributed by atoms with E-state index in [4.69, 9.17) is 0 Å². The van der Waals surface area contributed by atoms with Crippen LogP contribution in [0, 0.1) is 17.5 Å². The fourth-order valence-corrected chi connectivity index (χ4v) is 0.992. The molecule has 1 aromatic rings. The van der Waals surface area contributed by atoms with Crippen molar-refractivity contribution in [3.8, 4) is 0 Å². The lowest BCUT2D eigenvalue weighted by atomic mass is 10.3. The molecule has 17 heavy (non-hydrogen) atoms. The van der Waals surface area contributed by atoms with Crippen LogP contribution in [0.4, 0.5) is 18.9 Å². The summed E-state index contributed by atoms with van der Waals surface area (Å²) in [6.07, 6.45) is 0. The Hall–Kier alpha value is -2.05. The van der Waals surface area contributed by atoms with E-state index >= 15 is 0 Å². The second-order valence-electron chi connectivity index (χ2n) is 2.90. The molecule has 0 aliphatic heterocycles. The third-order valence-corrected chi connectivity index (χ3v) is 1.74. The van der Waals surface area contributed by atoms with Crippen molar-refractivity contribution >= 4 is 17.6 Å². The zero-order valence-corrected chi connectivity index (χ0v) is 8.72. The Morgan fingerprint density at radius 1 is 1.24 bits per heavy atom. The van der Waals surface area contributed by atoms with Gasteiger partial charge >= 0.3 is 11.9 Å². The largest absolute Gasteiger partial charge is 0.459 e. The van der Waals surface area contributed by atoms with Crippen molar-refractivity contribution in [1.29, 1.82) is 0 Å². The first-order valence-electron chi connectivity index (χ1n) is 4.59. The summed E-state index contributed by atoms with van der Waals surface area (Å²) >= 11 is 0. The number of rotatable bonds is 2. The van der Waals surface area contributed by atoms with Crippen LogP contribution in [-0.2, 0) is 14.3 Å². The Kier molecular flexibility index (Phi) is 4.08. The normalized spacial score (nSPS) is 9.88. The summed E-state index contributed by atoms with van der Waals surface area (Å²) in [4.78, 5) is 22.0. The molecule has 0 fully saturated rings. The van der Waals surface area contributed by atoms with Gasteiger partial charge in [-0.1, -0.05) is 0 Å². The molecule has 0 aliphatic carbocycles. The van der Waals surface area contributed by atoms with Crippen LogP contribution >= 0.6 is 0 Å². The van der Waals surface area contributed by atoms with Crippen molar-refractivity contribution in [3.63, 3.8) is 0 Å². The van der Waals surface area contributed by atoms with E-state index in [0.717, 1.165) is 6.07 Å². The maximum Gasteiger partial charge on any atom is 0.397 e. The standard InChI is InChI=1S/C10H8F3NO3/c1-2-17-10(16)9(15)14-6-4-3-5(11)7(12)8(6)13/h3-4H,2H2,1H3,(H,14,15). The molecule has 1 N–H and O–H groups in total. The summed E-state index contributed by atoms with van der Waals surface area (Å²) in [5.41, 5.74) is -0.637. The highest BCUT2D eigenvalue weighted by Crippen LogP contribution is 2.19. The monoisotopic (exact) mass is 247 g/mol. The summed E-state index contributed by atoms with van der Waals surface area (Å²) in [5, 5.41) is 1.77. The fourth-order valence-electron chi connectivity index (χ4n) is 0.992. The van der Waals surface area contributed by atoms with E-state index in [1.807, 2.05) is 0 Å². The molecule has 0 saturated carbocycles.